The van der Waals surface area contributed by atoms with Crippen LogP contribution in [0, 0.1) is 5.41 Å². The van der Waals surface area contributed by atoms with E-state index in [0.29, 0.717) is 44.7 Å². The van der Waals surface area contributed by atoms with Crippen molar-refractivity contribution in [3.8, 4) is 0 Å². The van der Waals surface area contributed by atoms with Crippen LogP contribution < -0.4 is 16.0 Å². The maximum Gasteiger partial charge on any atom is 0.320 e. The molecule has 0 saturated carbocycles. The van der Waals surface area contributed by atoms with E-state index in [1.165, 1.54) is 11.1 Å². The molecule has 0 radical (unpaired) electrons. The van der Waals surface area contributed by atoms with Crippen LogP contribution in [0.3, 0.4) is 0 Å². The van der Waals surface area contributed by atoms with E-state index in [2.05, 4.69) is 58.6 Å². The molecular formula is C30H40N6O2. The number of rotatable bonds is 5. The zero-order chi connectivity index (χ0) is 26.5. The highest BCUT2D eigenvalue weighted by Gasteiger charge is 2.46. The van der Waals surface area contributed by atoms with Crippen LogP contribution in [0.2, 0.25) is 0 Å². The molecule has 3 heterocycles. The van der Waals surface area contributed by atoms with E-state index >= 15 is 0 Å². The number of aromatic nitrogens is 1. The Morgan fingerprint density at radius 1 is 0.974 bits per heavy atom. The van der Waals surface area contributed by atoms with E-state index in [9.17, 15) is 9.59 Å². The van der Waals surface area contributed by atoms with E-state index < -0.39 is 5.41 Å². The molecule has 1 aromatic heterocycles. The highest BCUT2D eigenvalue weighted by atomic mass is 16.2. The third-order valence-electron chi connectivity index (χ3n) is 8.54. The van der Waals surface area contributed by atoms with Gasteiger partial charge in [0.25, 0.3) is 0 Å². The summed E-state index contributed by atoms with van der Waals surface area (Å²) in [5.74, 6) is 0.965. The van der Waals surface area contributed by atoms with Crippen LogP contribution in [-0.4, -0.2) is 72.0 Å². The van der Waals surface area contributed by atoms with Gasteiger partial charge in [-0.3, -0.25) is 4.79 Å². The smallest absolute Gasteiger partial charge is 0.320 e. The molecular weight excluding hydrogens is 476 g/mol. The molecule has 1 atom stereocenters. The second-order valence-corrected chi connectivity index (χ2v) is 10.8. The van der Waals surface area contributed by atoms with Gasteiger partial charge < -0.3 is 25.8 Å². The number of nitrogens with zero attached hydrogens (tertiary/aromatic N) is 4. The van der Waals surface area contributed by atoms with Crippen LogP contribution in [0.4, 0.5) is 16.3 Å². The van der Waals surface area contributed by atoms with Crippen molar-refractivity contribution in [3.63, 3.8) is 0 Å². The Hall–Kier alpha value is -3.55. The Balaban J connectivity index is 1.22. The fraction of sp³-hybridized carbons (Fsp3) is 0.500. The number of nitrogen functional groups attached to an aromatic ring is 1. The summed E-state index contributed by atoms with van der Waals surface area (Å²) >= 11 is 0. The van der Waals surface area contributed by atoms with Crippen LogP contribution in [0.15, 0.2) is 65.9 Å². The fourth-order valence-corrected chi connectivity index (χ4v) is 6.12. The van der Waals surface area contributed by atoms with Gasteiger partial charge in [0.05, 0.1) is 5.41 Å². The van der Waals surface area contributed by atoms with Crippen molar-refractivity contribution in [2.75, 3.05) is 49.9 Å². The van der Waals surface area contributed by atoms with Gasteiger partial charge in [0.1, 0.15) is 5.82 Å². The Kier molecular flexibility index (Phi) is 7.86. The molecule has 8 heteroatoms. The van der Waals surface area contributed by atoms with E-state index in [1.54, 1.807) is 12.3 Å². The normalized spacial score (nSPS) is 22.0. The first-order valence-electron chi connectivity index (χ1n) is 14.0. The molecule has 5 rings (SSSR count). The highest BCUT2D eigenvalue weighted by Crippen LogP contribution is 2.43. The zero-order valence-electron chi connectivity index (χ0n) is 22.4. The lowest BCUT2D eigenvalue weighted by molar-refractivity contribution is -0.131. The van der Waals surface area contributed by atoms with Gasteiger partial charge in [-0.1, -0.05) is 42.0 Å². The lowest BCUT2D eigenvalue weighted by Crippen LogP contribution is -2.57. The largest absolute Gasteiger partial charge is 0.399 e. The minimum Gasteiger partial charge on any atom is -0.399 e. The van der Waals surface area contributed by atoms with Crippen LogP contribution in [0.1, 0.15) is 45.4 Å². The van der Waals surface area contributed by atoms with Gasteiger partial charge in [0.2, 0.25) is 5.91 Å². The molecule has 2 saturated heterocycles. The number of allylic oxidation sites excluding steroid dienone is 6. The van der Waals surface area contributed by atoms with Crippen LogP contribution in [-0.2, 0) is 4.79 Å². The second-order valence-electron chi connectivity index (χ2n) is 10.8. The van der Waals surface area contributed by atoms with Crippen molar-refractivity contribution in [2.45, 2.75) is 51.5 Å². The third-order valence-corrected chi connectivity index (χ3v) is 8.54. The number of carbonyl (C=O) groups is 2. The molecule has 2 aliphatic carbocycles. The molecule has 202 valence electrons. The number of piperidine rings is 1. The first-order chi connectivity index (χ1) is 18.5. The second kappa shape index (κ2) is 11.5. The molecule has 38 heavy (non-hydrogen) atoms. The van der Waals surface area contributed by atoms with Gasteiger partial charge in [-0.15, -0.1) is 0 Å². The molecule has 2 fully saturated rings. The van der Waals surface area contributed by atoms with Gasteiger partial charge in [-0.2, -0.15) is 0 Å². The van der Waals surface area contributed by atoms with Gasteiger partial charge in [-0.25, -0.2) is 9.78 Å². The third kappa shape index (κ3) is 5.49. The number of nitrogens with one attached hydrogen (secondary N) is 1. The summed E-state index contributed by atoms with van der Waals surface area (Å²) in [5, 5.41) is 3.35. The predicted octanol–water partition coefficient (Wildman–Crippen LogP) is 4.05. The molecule has 3 amide bonds. The molecule has 0 aromatic carbocycles. The van der Waals surface area contributed by atoms with Crippen molar-refractivity contribution in [1.82, 2.24) is 20.1 Å². The quantitative estimate of drug-likeness (QED) is 0.616. The summed E-state index contributed by atoms with van der Waals surface area (Å²) in [6.07, 6.45) is 19.7. The number of urea groups is 1. The number of anilines is 2. The first-order valence-corrected chi connectivity index (χ1v) is 14.0. The Bertz CT molecular complexity index is 1150. The van der Waals surface area contributed by atoms with Gasteiger partial charge in [-0.05, 0) is 57.1 Å². The maximum absolute atomic E-state index is 13.9. The average molecular weight is 517 g/mol. The Morgan fingerprint density at radius 2 is 1.66 bits per heavy atom. The highest BCUT2D eigenvalue weighted by molar-refractivity contribution is 5.87. The van der Waals surface area contributed by atoms with Crippen LogP contribution in [0.5, 0.6) is 0 Å². The minimum atomic E-state index is -0.557. The predicted molar refractivity (Wildman–Crippen MR) is 152 cm³/mol. The molecule has 8 nitrogen and oxygen atoms in total. The van der Waals surface area contributed by atoms with Crippen LogP contribution >= 0.6 is 0 Å². The SMILES string of the molecule is C[C@H](NC(=O)C1(C2=CC=CCC2)CCN(C(=O)N2CCN(c3cc(N)ccn3)CC2)CC1)C1=CC=CCC1. The molecule has 3 N–H and O–H groups in total. The van der Waals surface area contributed by atoms with Crippen molar-refractivity contribution in [1.29, 1.82) is 0 Å². The molecule has 1 aromatic rings. The summed E-state index contributed by atoms with van der Waals surface area (Å²) < 4.78 is 0. The van der Waals surface area contributed by atoms with Gasteiger partial charge >= 0.3 is 6.03 Å². The van der Waals surface area contributed by atoms with Crippen molar-refractivity contribution < 1.29 is 9.59 Å². The van der Waals surface area contributed by atoms with E-state index in [1.807, 2.05) is 15.9 Å². The lowest BCUT2D eigenvalue weighted by atomic mass is 9.69. The van der Waals surface area contributed by atoms with Crippen LogP contribution in [0.25, 0.3) is 0 Å². The number of piperazine rings is 1. The van der Waals surface area contributed by atoms with E-state index in [4.69, 9.17) is 5.73 Å². The number of pyridine rings is 1. The molecule has 0 spiro atoms. The van der Waals surface area contributed by atoms with Crippen molar-refractivity contribution in [2.24, 2.45) is 5.41 Å². The standard InChI is InChI=1S/C30H40N6O2/c1-23(24-8-4-2-5-9-24)33-28(37)30(25-10-6-3-7-11-25)13-16-35(17-14-30)29(38)36-20-18-34(19-21-36)27-22-26(31)12-15-32-27/h2-4,6,8,10,12,15,22-23H,5,7,9,11,13-14,16-21H2,1H3,(H2,31,32)(H,33,37)/t23-/m0/s1. The Labute approximate surface area is 225 Å². The van der Waals surface area contributed by atoms with Crippen molar-refractivity contribution >= 4 is 23.4 Å². The topological polar surface area (TPSA) is 94.8 Å². The summed E-state index contributed by atoms with van der Waals surface area (Å²) in [7, 11) is 0. The molecule has 4 aliphatic rings. The fourth-order valence-electron chi connectivity index (χ4n) is 6.12. The van der Waals surface area contributed by atoms with E-state index in [-0.39, 0.29) is 18.0 Å². The molecule has 0 unspecified atom stereocenters. The number of carbonyl (C=O) groups excluding carboxylic acids is 2. The first kappa shape index (κ1) is 26.1. The number of likely N-dealkylation sites (tertiary alicyclic amines) is 1. The monoisotopic (exact) mass is 516 g/mol. The summed E-state index contributed by atoms with van der Waals surface area (Å²) in [6, 6.07) is 3.74. The molecule has 2 aliphatic heterocycles. The number of hydrogen-bond acceptors (Lipinski definition) is 5. The number of nitrogens with two attached hydrogens (primary N) is 1. The lowest BCUT2D eigenvalue weighted by Gasteiger charge is -2.45. The number of amides is 3. The maximum atomic E-state index is 13.9. The Morgan fingerprint density at radius 3 is 2.29 bits per heavy atom. The van der Waals surface area contributed by atoms with Gasteiger partial charge in [0.15, 0.2) is 0 Å². The van der Waals surface area contributed by atoms with E-state index in [0.717, 1.165) is 44.6 Å². The van der Waals surface area contributed by atoms with Crippen molar-refractivity contribution in [3.05, 3.63) is 65.9 Å². The summed E-state index contributed by atoms with van der Waals surface area (Å²) in [6.45, 7) is 6.01. The zero-order valence-corrected chi connectivity index (χ0v) is 22.4. The average Bonchev–Trinajstić information content (AvgIpc) is 2.98. The van der Waals surface area contributed by atoms with Gasteiger partial charge in [0, 0.05) is 63.3 Å². The summed E-state index contributed by atoms with van der Waals surface area (Å²) in [5.41, 5.74) is 8.54. The number of hydrogen-bond donors (Lipinski definition) is 2. The summed E-state index contributed by atoms with van der Waals surface area (Å²) in [4.78, 5) is 37.8. The minimum absolute atomic E-state index is 0.00877. The molecule has 0 bridgehead atoms.